The van der Waals surface area contributed by atoms with Crippen molar-refractivity contribution in [3.63, 3.8) is 0 Å². The number of carbonyl (C=O) groups is 2. The quantitative estimate of drug-likeness (QED) is 0.723. The Labute approximate surface area is 178 Å². The van der Waals surface area contributed by atoms with E-state index in [1.165, 1.54) is 29.7 Å². The van der Waals surface area contributed by atoms with Crippen molar-refractivity contribution in [2.75, 3.05) is 38.1 Å². The molecule has 2 amide bonds. The molecule has 0 bridgehead atoms. The van der Waals surface area contributed by atoms with E-state index in [4.69, 9.17) is 0 Å². The van der Waals surface area contributed by atoms with Gasteiger partial charge in [0.05, 0.1) is 6.04 Å². The van der Waals surface area contributed by atoms with Gasteiger partial charge in [-0.3, -0.25) is 14.5 Å². The average Bonchev–Trinajstić information content (AvgIpc) is 3.43. The van der Waals surface area contributed by atoms with E-state index >= 15 is 0 Å². The van der Waals surface area contributed by atoms with E-state index in [-0.39, 0.29) is 6.04 Å². The average molecular weight is 407 g/mol. The molecule has 0 aliphatic carbocycles. The highest BCUT2D eigenvalue weighted by atomic mass is 16.2. The second kappa shape index (κ2) is 9.30. The number of amides is 2. The molecule has 30 heavy (non-hydrogen) atoms. The maximum atomic E-state index is 12.4. The maximum absolute atomic E-state index is 12.4. The predicted octanol–water partition coefficient (Wildman–Crippen LogP) is 2.25. The Balaban J connectivity index is 1.39. The molecule has 158 valence electrons. The number of nitrogens with one attached hydrogen (secondary N) is 2. The van der Waals surface area contributed by atoms with Gasteiger partial charge in [-0.1, -0.05) is 42.5 Å². The third kappa shape index (κ3) is 4.65. The third-order valence-electron chi connectivity index (χ3n) is 6.16. The number of nitrogens with zero attached hydrogens (tertiary/aromatic N) is 2. The molecule has 2 aliphatic rings. The van der Waals surface area contributed by atoms with Crippen LogP contribution in [-0.2, 0) is 22.6 Å². The molecular formula is C24H30N4O2. The van der Waals surface area contributed by atoms with Crippen LogP contribution in [0.4, 0.5) is 5.69 Å². The molecule has 2 N–H and O–H groups in total. The maximum Gasteiger partial charge on any atom is 0.309 e. The van der Waals surface area contributed by atoms with Gasteiger partial charge in [-0.05, 0) is 55.1 Å². The van der Waals surface area contributed by atoms with Crippen molar-refractivity contribution in [1.29, 1.82) is 0 Å². The number of anilines is 1. The van der Waals surface area contributed by atoms with Crippen molar-refractivity contribution in [2.45, 2.75) is 31.8 Å². The van der Waals surface area contributed by atoms with Gasteiger partial charge in [0.1, 0.15) is 0 Å². The Kier molecular flexibility index (Phi) is 6.33. The zero-order chi connectivity index (χ0) is 20.9. The standard InChI is InChI=1S/C24H30N4O2/c1-27-14-11-20-15-19(9-10-21(20)27)22(28-12-5-6-13-28)17-26-24(30)23(29)25-16-18-7-3-2-4-8-18/h2-4,7-10,15,22H,5-6,11-14,16-17H2,1H3,(H,25,29)(H,26,30). The SMILES string of the molecule is CN1CCc2cc(C(CNC(=O)C(=O)NCc3ccccc3)N3CCCC3)ccc21. The van der Waals surface area contributed by atoms with Crippen LogP contribution in [0.2, 0.25) is 0 Å². The van der Waals surface area contributed by atoms with Crippen LogP contribution in [-0.4, -0.2) is 49.9 Å². The summed E-state index contributed by atoms with van der Waals surface area (Å²) in [6, 6.07) is 16.3. The molecule has 6 heteroatoms. The highest BCUT2D eigenvalue weighted by Gasteiger charge is 2.26. The number of benzene rings is 2. The summed E-state index contributed by atoms with van der Waals surface area (Å²) in [5, 5.41) is 5.57. The first-order valence-electron chi connectivity index (χ1n) is 10.8. The second-order valence-electron chi connectivity index (χ2n) is 8.20. The van der Waals surface area contributed by atoms with Gasteiger partial charge < -0.3 is 15.5 Å². The minimum atomic E-state index is -0.588. The molecule has 4 rings (SSSR count). The number of carbonyl (C=O) groups excluding carboxylic acids is 2. The van der Waals surface area contributed by atoms with E-state index in [1.807, 2.05) is 30.3 Å². The molecule has 2 aliphatic heterocycles. The van der Waals surface area contributed by atoms with Gasteiger partial charge in [0.15, 0.2) is 0 Å². The molecular weight excluding hydrogens is 376 g/mol. The summed E-state index contributed by atoms with van der Waals surface area (Å²) < 4.78 is 0. The first kappa shape index (κ1) is 20.4. The van der Waals surface area contributed by atoms with E-state index < -0.39 is 11.8 Å². The Bertz CT molecular complexity index is 893. The van der Waals surface area contributed by atoms with Crippen molar-refractivity contribution in [1.82, 2.24) is 15.5 Å². The lowest BCUT2D eigenvalue weighted by molar-refractivity contribution is -0.139. The van der Waals surface area contributed by atoms with Gasteiger partial charge in [-0.25, -0.2) is 0 Å². The van der Waals surface area contributed by atoms with Crippen LogP contribution in [0.5, 0.6) is 0 Å². The molecule has 0 aromatic heterocycles. The molecule has 2 aromatic carbocycles. The van der Waals surface area contributed by atoms with Crippen LogP contribution >= 0.6 is 0 Å². The van der Waals surface area contributed by atoms with Crippen LogP contribution in [0.15, 0.2) is 48.5 Å². The molecule has 2 aromatic rings. The zero-order valence-electron chi connectivity index (χ0n) is 17.6. The fraction of sp³-hybridized carbons (Fsp3) is 0.417. The van der Waals surface area contributed by atoms with Gasteiger partial charge in [0, 0.05) is 32.4 Å². The van der Waals surface area contributed by atoms with E-state index in [1.54, 1.807) is 0 Å². The molecule has 1 saturated heterocycles. The van der Waals surface area contributed by atoms with Crippen LogP contribution in [0.1, 0.15) is 35.6 Å². The fourth-order valence-corrected chi connectivity index (χ4v) is 4.43. The van der Waals surface area contributed by atoms with Gasteiger partial charge in [-0.15, -0.1) is 0 Å². The highest BCUT2D eigenvalue weighted by Crippen LogP contribution is 2.32. The lowest BCUT2D eigenvalue weighted by atomic mass is 10.0. The predicted molar refractivity (Wildman–Crippen MR) is 118 cm³/mol. The van der Waals surface area contributed by atoms with Crippen molar-refractivity contribution in [3.05, 3.63) is 65.2 Å². The molecule has 0 radical (unpaired) electrons. The minimum Gasteiger partial charge on any atom is -0.374 e. The van der Waals surface area contributed by atoms with E-state index in [0.717, 1.165) is 31.6 Å². The van der Waals surface area contributed by atoms with Gasteiger partial charge >= 0.3 is 11.8 Å². The Morgan fingerprint density at radius 3 is 2.47 bits per heavy atom. The normalized spacial score (nSPS) is 16.9. The highest BCUT2D eigenvalue weighted by molar-refractivity contribution is 6.35. The Hall–Kier alpha value is -2.86. The van der Waals surface area contributed by atoms with Gasteiger partial charge in [0.25, 0.3) is 0 Å². The second-order valence-corrected chi connectivity index (χ2v) is 8.20. The summed E-state index contributed by atoms with van der Waals surface area (Å²) in [5.41, 5.74) is 4.85. The van der Waals surface area contributed by atoms with Crippen molar-refractivity contribution in [3.8, 4) is 0 Å². The van der Waals surface area contributed by atoms with Crippen LogP contribution in [0.25, 0.3) is 0 Å². The van der Waals surface area contributed by atoms with Crippen molar-refractivity contribution < 1.29 is 9.59 Å². The zero-order valence-corrected chi connectivity index (χ0v) is 17.6. The van der Waals surface area contributed by atoms with Crippen LogP contribution in [0.3, 0.4) is 0 Å². The van der Waals surface area contributed by atoms with Crippen molar-refractivity contribution in [2.24, 2.45) is 0 Å². The minimum absolute atomic E-state index is 0.0922. The molecule has 0 spiro atoms. The first-order chi connectivity index (χ1) is 14.6. The summed E-state index contributed by atoms with van der Waals surface area (Å²) in [4.78, 5) is 29.3. The molecule has 1 fully saturated rings. The molecule has 2 heterocycles. The summed E-state index contributed by atoms with van der Waals surface area (Å²) in [6.07, 6.45) is 3.41. The monoisotopic (exact) mass is 406 g/mol. The topological polar surface area (TPSA) is 64.7 Å². The molecule has 6 nitrogen and oxygen atoms in total. The molecule has 1 atom stereocenters. The third-order valence-corrected chi connectivity index (χ3v) is 6.16. The number of fused-ring (bicyclic) bond motifs is 1. The Morgan fingerprint density at radius 2 is 1.70 bits per heavy atom. The summed E-state index contributed by atoms with van der Waals surface area (Å²) >= 11 is 0. The first-order valence-corrected chi connectivity index (χ1v) is 10.8. The number of likely N-dealkylation sites (N-methyl/N-ethyl adjacent to an activating group) is 1. The van der Waals surface area contributed by atoms with E-state index in [2.05, 4.69) is 45.7 Å². The number of likely N-dealkylation sites (tertiary alicyclic amines) is 1. The van der Waals surface area contributed by atoms with E-state index in [0.29, 0.717) is 13.1 Å². The smallest absolute Gasteiger partial charge is 0.309 e. The Morgan fingerprint density at radius 1 is 0.967 bits per heavy atom. The molecule has 1 unspecified atom stereocenters. The number of hydrogen-bond acceptors (Lipinski definition) is 4. The summed E-state index contributed by atoms with van der Waals surface area (Å²) in [7, 11) is 2.12. The summed E-state index contributed by atoms with van der Waals surface area (Å²) in [6.45, 7) is 3.88. The summed E-state index contributed by atoms with van der Waals surface area (Å²) in [5.74, 6) is -1.16. The fourth-order valence-electron chi connectivity index (χ4n) is 4.43. The lowest BCUT2D eigenvalue weighted by Crippen LogP contribution is -2.43. The van der Waals surface area contributed by atoms with Gasteiger partial charge in [0.2, 0.25) is 0 Å². The lowest BCUT2D eigenvalue weighted by Gasteiger charge is -2.28. The molecule has 0 saturated carbocycles. The van der Waals surface area contributed by atoms with Crippen molar-refractivity contribution >= 4 is 17.5 Å². The van der Waals surface area contributed by atoms with Gasteiger partial charge in [-0.2, -0.15) is 0 Å². The number of hydrogen-bond donors (Lipinski definition) is 2. The van der Waals surface area contributed by atoms with E-state index in [9.17, 15) is 9.59 Å². The number of rotatable bonds is 6. The largest absolute Gasteiger partial charge is 0.374 e. The van der Waals surface area contributed by atoms with Crippen LogP contribution in [0, 0.1) is 0 Å². The van der Waals surface area contributed by atoms with Crippen LogP contribution < -0.4 is 15.5 Å².